The summed E-state index contributed by atoms with van der Waals surface area (Å²) in [4.78, 5) is 31.0. The molecule has 0 bridgehead atoms. The largest absolute Gasteiger partial charge is 0.452 e. The van der Waals surface area contributed by atoms with Gasteiger partial charge in [-0.25, -0.2) is 14.6 Å². The average molecular weight is 901 g/mol. The highest BCUT2D eigenvalue weighted by molar-refractivity contribution is 7.09. The maximum Gasteiger partial charge on any atom is 0.407 e. The van der Waals surface area contributed by atoms with E-state index in [9.17, 15) is 35.1 Å². The summed E-state index contributed by atoms with van der Waals surface area (Å²) in [5.74, 6) is -1.36. The van der Waals surface area contributed by atoms with Gasteiger partial charge in [0.15, 0.2) is 18.5 Å². The number of alkyl carbamates (subject to hydrolysis) is 1. The van der Waals surface area contributed by atoms with E-state index in [0.717, 1.165) is 22.3 Å². The van der Waals surface area contributed by atoms with Crippen molar-refractivity contribution in [3.8, 4) is 0 Å². The Morgan fingerprint density at radius 3 is 2.32 bits per heavy atom. The van der Waals surface area contributed by atoms with Gasteiger partial charge in [-0.3, -0.25) is 0 Å². The van der Waals surface area contributed by atoms with E-state index in [0.29, 0.717) is 29.1 Å². The highest BCUT2D eigenvalue weighted by Gasteiger charge is 2.45. The van der Waals surface area contributed by atoms with Crippen molar-refractivity contribution in [2.24, 2.45) is 23.7 Å². The van der Waals surface area contributed by atoms with Crippen LogP contribution in [0.3, 0.4) is 0 Å². The van der Waals surface area contributed by atoms with Crippen molar-refractivity contribution >= 4 is 23.4 Å². The fraction of sp³-hybridized carbons (Fsp3) is 0.604. The first-order chi connectivity index (χ1) is 29.7. The summed E-state index contributed by atoms with van der Waals surface area (Å²) in [6.07, 6.45) is 6.49. The molecule has 0 aliphatic carbocycles. The molecule has 2 aliphatic heterocycles. The van der Waals surface area contributed by atoms with Crippen LogP contribution in [-0.4, -0.2) is 112 Å². The van der Waals surface area contributed by atoms with Gasteiger partial charge in [0.1, 0.15) is 29.4 Å². The number of carbonyl (C=O) groups excluding carboxylic acids is 2. The first kappa shape index (κ1) is 53.6. The third-order valence-electron chi connectivity index (χ3n) is 11.1. The van der Waals surface area contributed by atoms with Crippen molar-refractivity contribution in [1.82, 2.24) is 10.3 Å². The molecule has 0 saturated carbocycles. The highest BCUT2D eigenvalue weighted by atomic mass is 32.1. The zero-order chi connectivity index (χ0) is 47.1. The van der Waals surface area contributed by atoms with E-state index in [2.05, 4.69) is 5.32 Å². The Morgan fingerprint density at radius 1 is 0.984 bits per heavy atom. The zero-order valence-corrected chi connectivity index (χ0v) is 39.7. The Kier molecular flexibility index (Phi) is 21.8. The maximum atomic E-state index is 13.9. The number of rotatable bonds is 9. The Hall–Kier alpha value is -3.77. The number of carbonyl (C=O) groups is 2. The van der Waals surface area contributed by atoms with Crippen LogP contribution in [0.4, 0.5) is 4.79 Å². The lowest BCUT2D eigenvalue weighted by Gasteiger charge is -2.41. The number of amides is 1. The second-order valence-electron chi connectivity index (χ2n) is 17.3. The second kappa shape index (κ2) is 25.6. The summed E-state index contributed by atoms with van der Waals surface area (Å²) in [7, 11) is 3.10. The molecule has 0 spiro atoms. The van der Waals surface area contributed by atoms with E-state index in [4.69, 9.17) is 28.7 Å². The van der Waals surface area contributed by atoms with Crippen LogP contribution in [0.2, 0.25) is 0 Å². The van der Waals surface area contributed by atoms with Gasteiger partial charge in [0.25, 0.3) is 0 Å². The van der Waals surface area contributed by atoms with Crippen LogP contribution in [0.1, 0.15) is 105 Å². The lowest BCUT2D eigenvalue weighted by molar-refractivity contribution is -0.309. The summed E-state index contributed by atoms with van der Waals surface area (Å²) in [5.41, 5.74) is 4.32. The minimum atomic E-state index is -1.62. The van der Waals surface area contributed by atoms with E-state index >= 15 is 0 Å². The topological polar surface area (TPSA) is 206 Å². The number of aliphatic hydroxyl groups excluding tert-OH is 5. The van der Waals surface area contributed by atoms with Gasteiger partial charge in [-0.15, -0.1) is 11.3 Å². The van der Waals surface area contributed by atoms with E-state index in [1.807, 2.05) is 110 Å². The molecule has 1 amide bonds. The minimum Gasteiger partial charge on any atom is -0.452 e. The van der Waals surface area contributed by atoms with Crippen molar-refractivity contribution in [3.05, 3.63) is 98.6 Å². The van der Waals surface area contributed by atoms with Gasteiger partial charge in [0.2, 0.25) is 0 Å². The monoisotopic (exact) mass is 900 g/mol. The SMILES string of the molecule is CNC(=O)O[C@@H](CC(C)C)c1nc([C@H]2OC(=O)C(C)=CCC(C)=C[C@@H](O[C@@H]3O[C@H](CO)[C@@H](O)[C@H](O)[C@H]3O)[C@@H](C)C=C(C)C=C(C)C=C[C@@H](O)[C@H](C)[C@H](OC)C(C)=CC=C[C@@H]2C)cs1. The van der Waals surface area contributed by atoms with E-state index in [1.54, 1.807) is 26.2 Å². The van der Waals surface area contributed by atoms with Crippen LogP contribution in [0, 0.1) is 23.7 Å². The fourth-order valence-corrected chi connectivity index (χ4v) is 8.28. The molecule has 1 aromatic rings. The van der Waals surface area contributed by atoms with Crippen LogP contribution in [0.5, 0.6) is 0 Å². The van der Waals surface area contributed by atoms with Crippen LogP contribution < -0.4 is 5.32 Å². The normalized spacial score (nSPS) is 31.7. The van der Waals surface area contributed by atoms with Gasteiger partial charge in [-0.2, -0.15) is 0 Å². The quantitative estimate of drug-likeness (QED) is 0.111. The van der Waals surface area contributed by atoms with Crippen molar-refractivity contribution in [1.29, 1.82) is 0 Å². The number of thiazole rings is 1. The van der Waals surface area contributed by atoms with Crippen molar-refractivity contribution < 1.29 is 58.8 Å². The molecule has 63 heavy (non-hydrogen) atoms. The third-order valence-corrected chi connectivity index (χ3v) is 12.1. The number of hydrogen-bond acceptors (Lipinski definition) is 14. The van der Waals surface area contributed by atoms with E-state index < -0.39 is 79.9 Å². The van der Waals surface area contributed by atoms with Crippen molar-refractivity contribution in [2.75, 3.05) is 20.8 Å². The number of nitrogens with one attached hydrogen (secondary N) is 1. The number of methoxy groups -OCH3 is 1. The van der Waals surface area contributed by atoms with E-state index in [1.165, 1.54) is 18.4 Å². The summed E-state index contributed by atoms with van der Waals surface area (Å²) in [5, 5.41) is 57.7. The molecular weight excluding hydrogens is 829 g/mol. The van der Waals surface area contributed by atoms with Crippen LogP contribution in [0.25, 0.3) is 0 Å². The second-order valence-corrected chi connectivity index (χ2v) is 18.2. The van der Waals surface area contributed by atoms with Crippen molar-refractivity contribution in [2.45, 2.75) is 143 Å². The molecule has 6 N–H and O–H groups in total. The zero-order valence-electron chi connectivity index (χ0n) is 38.9. The third kappa shape index (κ3) is 16.0. The summed E-state index contributed by atoms with van der Waals surface area (Å²) < 4.78 is 29.8. The molecule has 0 unspecified atom stereocenters. The van der Waals surface area contributed by atoms with Gasteiger partial charge in [0, 0.05) is 42.9 Å². The Morgan fingerprint density at radius 2 is 1.68 bits per heavy atom. The van der Waals surface area contributed by atoms with Crippen LogP contribution in [-0.2, 0) is 28.5 Å². The molecular formula is C48H72N2O12S. The number of esters is 1. The van der Waals surface area contributed by atoms with Crippen LogP contribution >= 0.6 is 11.3 Å². The molecule has 2 aliphatic rings. The lowest BCUT2D eigenvalue weighted by Crippen LogP contribution is -2.59. The van der Waals surface area contributed by atoms with Gasteiger partial charge in [-0.05, 0) is 59.0 Å². The van der Waals surface area contributed by atoms with Gasteiger partial charge < -0.3 is 54.5 Å². The molecule has 3 heterocycles. The van der Waals surface area contributed by atoms with Crippen molar-refractivity contribution in [3.63, 3.8) is 0 Å². The number of allylic oxidation sites excluding steroid dienone is 8. The predicted molar refractivity (Wildman–Crippen MR) is 243 cm³/mol. The lowest BCUT2D eigenvalue weighted by atomic mass is 9.91. The Balaban J connectivity index is 2.13. The smallest absolute Gasteiger partial charge is 0.407 e. The number of cyclic esters (lactones) is 1. The summed E-state index contributed by atoms with van der Waals surface area (Å²) in [6.45, 7) is 18.6. The molecule has 15 heteroatoms. The molecule has 1 saturated heterocycles. The van der Waals surface area contributed by atoms with Gasteiger partial charge in [0.05, 0.1) is 30.6 Å². The molecule has 13 atom stereocenters. The molecule has 1 fully saturated rings. The van der Waals surface area contributed by atoms with Gasteiger partial charge >= 0.3 is 12.1 Å². The standard InChI is InChI=1S/C48H72N2O12S/c1-26(2)20-38(61-48(57)49-11)45-50-35(25-63-45)44-31(7)15-13-14-30(6)43(58-12)34(10)36(52)19-17-27(3)21-29(5)22-33(9)37(23-28(4)16-18-32(8)46(56)62-44)59-47-42(55)41(54)40(53)39(24-51)60-47/h13-15,17-19,21-23,25-26,31,33-34,36-44,47,51-55H,16,20,24H2,1-12H3,(H,49,57)/t31-,33-,34-,36+,37+,38-,39+,40+,41-,42+,43+,44-,47+/m0/s1. The maximum absolute atomic E-state index is 13.9. The Labute approximate surface area is 377 Å². The van der Waals surface area contributed by atoms with E-state index in [-0.39, 0.29) is 23.7 Å². The first-order valence-corrected chi connectivity index (χ1v) is 22.5. The van der Waals surface area contributed by atoms with Crippen LogP contribution in [0.15, 0.2) is 87.9 Å². The Bertz CT molecular complexity index is 1860. The molecule has 0 radical (unpaired) electrons. The first-order valence-electron chi connectivity index (χ1n) is 21.7. The number of nitrogens with zero attached hydrogens (tertiary/aromatic N) is 1. The molecule has 3 rings (SSSR count). The summed E-state index contributed by atoms with van der Waals surface area (Å²) in [6, 6.07) is 0. The minimum absolute atomic E-state index is 0.203. The summed E-state index contributed by atoms with van der Waals surface area (Å²) >= 11 is 1.33. The predicted octanol–water partition coefficient (Wildman–Crippen LogP) is 6.89. The average Bonchev–Trinajstić information content (AvgIpc) is 3.72. The molecule has 0 aromatic carbocycles. The molecule has 352 valence electrons. The molecule has 1 aromatic heterocycles. The highest BCUT2D eigenvalue weighted by Crippen LogP contribution is 2.35. The fourth-order valence-electron chi connectivity index (χ4n) is 7.40. The number of hydrogen-bond donors (Lipinski definition) is 6. The van der Waals surface area contributed by atoms with Gasteiger partial charge in [-0.1, -0.05) is 106 Å². The number of aromatic nitrogens is 1. The number of aliphatic hydroxyl groups is 5. The molecule has 14 nitrogen and oxygen atoms in total. The number of ether oxygens (including phenoxy) is 5.